The van der Waals surface area contributed by atoms with Crippen molar-refractivity contribution in [3.8, 4) is 0 Å². The molecule has 186 valence electrons. The number of amides is 1. The first-order valence-corrected chi connectivity index (χ1v) is 13.4. The van der Waals surface area contributed by atoms with E-state index in [4.69, 9.17) is 4.42 Å². The molecule has 0 radical (unpaired) electrons. The lowest BCUT2D eigenvalue weighted by atomic mass is 9.94. The normalized spacial score (nSPS) is 19.1. The first-order valence-electron chi connectivity index (χ1n) is 11.9. The maximum absolute atomic E-state index is 13.0. The molecule has 2 unspecified atom stereocenters. The Bertz CT molecular complexity index is 1260. The fourth-order valence-corrected chi connectivity index (χ4v) is 6.15. The smallest absolute Gasteiger partial charge is 0.322 e. The van der Waals surface area contributed by atoms with E-state index in [2.05, 4.69) is 55.3 Å². The topological polar surface area (TPSA) is 105 Å². The van der Waals surface area contributed by atoms with E-state index in [-0.39, 0.29) is 10.9 Å². The van der Waals surface area contributed by atoms with E-state index < -0.39 is 15.9 Å². The van der Waals surface area contributed by atoms with Crippen LogP contribution < -0.4 is 5.32 Å². The van der Waals surface area contributed by atoms with E-state index >= 15 is 0 Å². The molecular weight excluding hydrogens is 464 g/mol. The highest BCUT2D eigenvalue weighted by atomic mass is 32.2. The molecule has 0 bridgehead atoms. The van der Waals surface area contributed by atoms with Crippen molar-refractivity contribution in [3.63, 3.8) is 0 Å². The van der Waals surface area contributed by atoms with E-state index in [9.17, 15) is 13.2 Å². The van der Waals surface area contributed by atoms with Crippen LogP contribution in [0.15, 0.2) is 57.8 Å². The largest absolute Gasteiger partial charge is 0.407 e. The van der Waals surface area contributed by atoms with Crippen molar-refractivity contribution in [3.05, 3.63) is 71.1 Å². The van der Waals surface area contributed by atoms with Crippen LogP contribution in [-0.2, 0) is 16.4 Å². The van der Waals surface area contributed by atoms with Crippen LogP contribution in [-0.4, -0.2) is 41.9 Å². The maximum Gasteiger partial charge on any atom is 0.322 e. The van der Waals surface area contributed by atoms with Crippen molar-refractivity contribution in [2.24, 2.45) is 11.8 Å². The minimum atomic E-state index is -3.60. The first kappa shape index (κ1) is 25.1. The van der Waals surface area contributed by atoms with Crippen LogP contribution in [0, 0.1) is 11.8 Å². The number of rotatable bonds is 7. The zero-order chi connectivity index (χ0) is 25.2. The van der Waals surface area contributed by atoms with Gasteiger partial charge in [0.25, 0.3) is 5.91 Å². The standard InChI is InChI=1S/C26H32N4O4S/c1-17(2)21-7-5-20(6-8-21)14-24-28-29-26(34-24)27-25(31)22-9-11-23(12-10-22)35(32,33)30-15-18(3)13-19(4)16-30/h5-12,17-19H,13-16H2,1-4H3,(H,27,29,31). The zero-order valence-electron chi connectivity index (χ0n) is 20.6. The average Bonchev–Trinajstić information content (AvgIpc) is 3.25. The summed E-state index contributed by atoms with van der Waals surface area (Å²) in [5.74, 6) is 1.03. The van der Waals surface area contributed by atoms with E-state index in [1.54, 1.807) is 0 Å². The van der Waals surface area contributed by atoms with Crippen LogP contribution in [0.4, 0.5) is 6.01 Å². The minimum Gasteiger partial charge on any atom is -0.407 e. The summed E-state index contributed by atoms with van der Waals surface area (Å²) in [6, 6.07) is 14.1. The van der Waals surface area contributed by atoms with Gasteiger partial charge in [0, 0.05) is 18.7 Å². The fraction of sp³-hybridized carbons (Fsp3) is 0.423. The Labute approximate surface area is 206 Å². The van der Waals surface area contributed by atoms with E-state index in [1.165, 1.54) is 34.1 Å². The summed E-state index contributed by atoms with van der Waals surface area (Å²) >= 11 is 0. The van der Waals surface area contributed by atoms with Crippen molar-refractivity contribution in [2.75, 3.05) is 18.4 Å². The number of carbonyl (C=O) groups is 1. The van der Waals surface area contributed by atoms with Gasteiger partial charge in [-0.15, -0.1) is 5.10 Å². The molecule has 1 aliphatic heterocycles. The molecule has 0 spiro atoms. The molecule has 1 amide bonds. The molecule has 1 saturated heterocycles. The van der Waals surface area contributed by atoms with Gasteiger partial charge < -0.3 is 4.42 Å². The van der Waals surface area contributed by atoms with Gasteiger partial charge in [0.15, 0.2) is 0 Å². The quantitative estimate of drug-likeness (QED) is 0.508. The third kappa shape index (κ3) is 5.97. The molecule has 3 aromatic rings. The number of aromatic nitrogens is 2. The van der Waals surface area contributed by atoms with Crippen LogP contribution in [0.5, 0.6) is 0 Å². The van der Waals surface area contributed by atoms with Crippen molar-refractivity contribution >= 4 is 21.9 Å². The molecule has 8 nitrogen and oxygen atoms in total. The second-order valence-corrected chi connectivity index (χ2v) is 11.8. The summed E-state index contributed by atoms with van der Waals surface area (Å²) < 4.78 is 33.2. The highest BCUT2D eigenvalue weighted by molar-refractivity contribution is 7.89. The predicted molar refractivity (Wildman–Crippen MR) is 134 cm³/mol. The van der Waals surface area contributed by atoms with Crippen molar-refractivity contribution in [1.82, 2.24) is 14.5 Å². The molecule has 2 heterocycles. The number of sulfonamides is 1. The van der Waals surface area contributed by atoms with Gasteiger partial charge in [0.05, 0.1) is 11.3 Å². The monoisotopic (exact) mass is 496 g/mol. The van der Waals surface area contributed by atoms with E-state index in [0.29, 0.717) is 48.7 Å². The molecule has 2 atom stereocenters. The molecule has 4 rings (SSSR count). The minimum absolute atomic E-state index is 0.00297. The van der Waals surface area contributed by atoms with Gasteiger partial charge in [-0.05, 0) is 59.6 Å². The molecule has 35 heavy (non-hydrogen) atoms. The summed E-state index contributed by atoms with van der Waals surface area (Å²) in [5.41, 5.74) is 2.59. The van der Waals surface area contributed by atoms with Gasteiger partial charge in [-0.2, -0.15) is 4.31 Å². The molecule has 1 N–H and O–H groups in total. The zero-order valence-corrected chi connectivity index (χ0v) is 21.4. The lowest BCUT2D eigenvalue weighted by Gasteiger charge is -2.34. The van der Waals surface area contributed by atoms with Gasteiger partial charge in [-0.25, -0.2) is 8.42 Å². The summed E-state index contributed by atoms with van der Waals surface area (Å²) in [5, 5.41) is 10.5. The number of nitrogens with zero attached hydrogens (tertiary/aromatic N) is 3. The van der Waals surface area contributed by atoms with E-state index in [1.807, 2.05) is 12.1 Å². The highest BCUT2D eigenvalue weighted by Gasteiger charge is 2.31. The Morgan fingerprint density at radius 3 is 2.26 bits per heavy atom. The van der Waals surface area contributed by atoms with Crippen LogP contribution in [0.3, 0.4) is 0 Å². The first-order chi connectivity index (χ1) is 16.6. The number of piperidine rings is 1. The van der Waals surface area contributed by atoms with Crippen LogP contribution in [0.25, 0.3) is 0 Å². The van der Waals surface area contributed by atoms with Gasteiger partial charge in [0.1, 0.15) is 0 Å². The van der Waals surface area contributed by atoms with Crippen molar-refractivity contribution < 1.29 is 17.6 Å². The average molecular weight is 497 g/mol. The van der Waals surface area contributed by atoms with Crippen LogP contribution in [0.2, 0.25) is 0 Å². The maximum atomic E-state index is 13.0. The van der Waals surface area contributed by atoms with Gasteiger partial charge in [-0.1, -0.05) is 57.1 Å². The van der Waals surface area contributed by atoms with E-state index in [0.717, 1.165) is 12.0 Å². The third-order valence-electron chi connectivity index (χ3n) is 6.28. The molecular formula is C26H32N4O4S. The summed E-state index contributed by atoms with van der Waals surface area (Å²) in [6.07, 6.45) is 1.48. The van der Waals surface area contributed by atoms with Gasteiger partial charge in [-0.3, -0.25) is 10.1 Å². The van der Waals surface area contributed by atoms with Gasteiger partial charge >= 0.3 is 6.01 Å². The molecule has 0 saturated carbocycles. The summed E-state index contributed by atoms with van der Waals surface area (Å²) in [7, 11) is -3.60. The Hall–Kier alpha value is -3.04. The number of carbonyl (C=O) groups excluding carboxylic acids is 1. The molecule has 0 aliphatic carbocycles. The van der Waals surface area contributed by atoms with Gasteiger partial charge in [0.2, 0.25) is 15.9 Å². The Kier molecular flexibility index (Phi) is 7.37. The Balaban J connectivity index is 1.38. The number of nitrogens with one attached hydrogen (secondary N) is 1. The fourth-order valence-electron chi connectivity index (χ4n) is 4.47. The summed E-state index contributed by atoms with van der Waals surface area (Å²) in [4.78, 5) is 12.8. The van der Waals surface area contributed by atoms with Crippen LogP contribution >= 0.6 is 0 Å². The lowest BCUT2D eigenvalue weighted by molar-refractivity contribution is 0.102. The molecule has 2 aromatic carbocycles. The lowest BCUT2D eigenvalue weighted by Crippen LogP contribution is -2.42. The second kappa shape index (κ2) is 10.3. The number of hydrogen-bond acceptors (Lipinski definition) is 6. The van der Waals surface area contributed by atoms with Crippen molar-refractivity contribution in [1.29, 1.82) is 0 Å². The molecule has 9 heteroatoms. The molecule has 1 aromatic heterocycles. The number of anilines is 1. The molecule has 1 aliphatic rings. The summed E-state index contributed by atoms with van der Waals surface area (Å²) in [6.45, 7) is 9.44. The van der Waals surface area contributed by atoms with Crippen molar-refractivity contribution in [2.45, 2.75) is 51.3 Å². The Morgan fingerprint density at radius 1 is 1.03 bits per heavy atom. The van der Waals surface area contributed by atoms with Crippen LogP contribution in [0.1, 0.15) is 67.4 Å². The number of benzene rings is 2. The predicted octanol–water partition coefficient (Wildman–Crippen LogP) is 4.70. The highest BCUT2D eigenvalue weighted by Crippen LogP contribution is 2.27. The Morgan fingerprint density at radius 2 is 1.66 bits per heavy atom. The SMILES string of the molecule is CC1CC(C)CN(S(=O)(=O)c2ccc(C(=O)Nc3nnc(Cc4ccc(C(C)C)cc4)o3)cc2)C1. The third-order valence-corrected chi connectivity index (χ3v) is 8.12. The second-order valence-electron chi connectivity index (χ2n) is 9.82. The molecule has 1 fully saturated rings. The number of hydrogen-bond donors (Lipinski definition) is 1.